The van der Waals surface area contributed by atoms with Crippen LogP contribution >= 0.6 is 7.37 Å². The Kier molecular flexibility index (Phi) is 16.1. The first-order chi connectivity index (χ1) is 18.6. The van der Waals surface area contributed by atoms with Crippen molar-refractivity contribution in [2.45, 2.75) is 97.3 Å². The number of unbranched alkanes of at least 4 members (excludes halogenated alkanes) is 1. The summed E-state index contributed by atoms with van der Waals surface area (Å²) < 4.78 is 25.6. The molecule has 0 N–H and O–H groups in total. The number of amides is 1. The van der Waals surface area contributed by atoms with Gasteiger partial charge in [0.25, 0.3) is 0 Å². The Morgan fingerprint density at radius 2 is 1.73 bits per heavy atom. The van der Waals surface area contributed by atoms with Gasteiger partial charge in [0.2, 0.25) is 19.6 Å². The van der Waals surface area contributed by atoms with Crippen molar-refractivity contribution >= 4 is 25.2 Å². The van der Waals surface area contributed by atoms with Crippen LogP contribution in [0.15, 0.2) is 30.3 Å². The van der Waals surface area contributed by atoms with Gasteiger partial charge in [-0.2, -0.15) is 0 Å². The molecular formula is C30H45CsNO7P. The molecule has 1 saturated heterocycles. The van der Waals surface area contributed by atoms with Crippen molar-refractivity contribution < 1.29 is 102 Å². The van der Waals surface area contributed by atoms with Gasteiger partial charge in [-0.1, -0.05) is 83.2 Å². The van der Waals surface area contributed by atoms with Gasteiger partial charge < -0.3 is 19.5 Å². The van der Waals surface area contributed by atoms with E-state index in [1.165, 1.54) is 16.9 Å². The van der Waals surface area contributed by atoms with Crippen LogP contribution in [0.1, 0.15) is 84.1 Å². The molecule has 1 aromatic rings. The Balaban J connectivity index is 0.00000560. The minimum Gasteiger partial charge on any atom is -0.548 e. The van der Waals surface area contributed by atoms with Gasteiger partial charge in [0.05, 0.1) is 12.0 Å². The monoisotopic (exact) mass is 695 g/mol. The summed E-state index contributed by atoms with van der Waals surface area (Å²) >= 11 is 0. The number of likely N-dealkylation sites (tertiary alicyclic amines) is 1. The second kappa shape index (κ2) is 17.9. The summed E-state index contributed by atoms with van der Waals surface area (Å²) in [7, 11) is -3.62. The van der Waals surface area contributed by atoms with Crippen LogP contribution in [0.3, 0.4) is 0 Å². The van der Waals surface area contributed by atoms with Crippen LogP contribution in [0, 0.1) is 17.8 Å². The predicted molar refractivity (Wildman–Crippen MR) is 148 cm³/mol. The van der Waals surface area contributed by atoms with Gasteiger partial charge in [0, 0.05) is 25.0 Å². The van der Waals surface area contributed by atoms with Gasteiger partial charge >= 0.3 is 74.9 Å². The van der Waals surface area contributed by atoms with Gasteiger partial charge in [-0.05, 0) is 43.1 Å². The quantitative estimate of drug-likeness (QED) is 0.126. The van der Waals surface area contributed by atoms with Crippen LogP contribution in [0.2, 0.25) is 0 Å². The third-order valence-corrected chi connectivity index (χ3v) is 10.4. The summed E-state index contributed by atoms with van der Waals surface area (Å²) in [5.74, 6) is -1.99. The molecule has 2 aliphatic rings. The number of rotatable bonds is 14. The van der Waals surface area contributed by atoms with Crippen molar-refractivity contribution in [2.75, 3.05) is 18.9 Å². The molecule has 1 aliphatic carbocycles. The Morgan fingerprint density at radius 3 is 2.33 bits per heavy atom. The van der Waals surface area contributed by atoms with E-state index in [1.54, 1.807) is 20.8 Å². The second-order valence-electron chi connectivity index (χ2n) is 11.5. The van der Waals surface area contributed by atoms with E-state index in [9.17, 15) is 24.1 Å². The first-order valence-electron chi connectivity index (χ1n) is 14.6. The van der Waals surface area contributed by atoms with Crippen molar-refractivity contribution in [3.63, 3.8) is 0 Å². The summed E-state index contributed by atoms with van der Waals surface area (Å²) in [6.07, 6.45) is 6.88. The average molecular weight is 696 g/mol. The second-order valence-corrected chi connectivity index (χ2v) is 14.1. The van der Waals surface area contributed by atoms with Gasteiger partial charge in [0.15, 0.2) is 0 Å². The standard InChI is InChI=1S/C30H46NO7P.Cs/c1-4-28(33)37-30(22(2)3)38-39(36,18-12-11-15-23-13-7-5-8-14-23)21-27(32)31-20-25(19-26(31)29(34)35)24-16-9-6-10-17-24;/h5,7-8,13-14,22,24-26,30H,4,6,9-12,15-21H2,1-3H3,(H,34,35);/q;+1/p-1/t25-,26+,30+,39-;/m1./s1. The third-order valence-electron chi connectivity index (χ3n) is 8.05. The maximum atomic E-state index is 14.2. The van der Waals surface area contributed by atoms with E-state index in [0.717, 1.165) is 38.5 Å². The summed E-state index contributed by atoms with van der Waals surface area (Å²) in [5, 5.41) is 12.0. The topological polar surface area (TPSA) is 113 Å². The zero-order valence-electron chi connectivity index (χ0n) is 24.7. The molecule has 3 rings (SSSR count). The minimum absolute atomic E-state index is 0. The van der Waals surface area contributed by atoms with Gasteiger partial charge in [-0.15, -0.1) is 0 Å². The summed E-state index contributed by atoms with van der Waals surface area (Å²) in [6.45, 7) is 5.62. The normalized spacial score (nSPS) is 21.9. The maximum absolute atomic E-state index is 14.2. The summed E-state index contributed by atoms with van der Waals surface area (Å²) in [6, 6.07) is 8.96. The number of carboxylic acids is 1. The fraction of sp³-hybridized carbons (Fsp3) is 0.700. The van der Waals surface area contributed by atoms with Crippen molar-refractivity contribution in [2.24, 2.45) is 17.8 Å². The Labute approximate surface area is 298 Å². The van der Waals surface area contributed by atoms with Crippen LogP contribution in [-0.2, 0) is 34.6 Å². The Morgan fingerprint density at radius 1 is 1.05 bits per heavy atom. The largest absolute Gasteiger partial charge is 1.00 e. The maximum Gasteiger partial charge on any atom is 1.00 e. The van der Waals surface area contributed by atoms with Crippen LogP contribution in [0.4, 0.5) is 0 Å². The zero-order chi connectivity index (χ0) is 28.4. The van der Waals surface area contributed by atoms with E-state index in [1.807, 2.05) is 30.3 Å². The molecule has 0 aromatic heterocycles. The number of ether oxygens (including phenoxy) is 1. The van der Waals surface area contributed by atoms with E-state index >= 15 is 0 Å². The predicted octanol–water partition coefficient (Wildman–Crippen LogP) is 1.79. The molecular weight excluding hydrogens is 650 g/mol. The SMILES string of the molecule is CCC(=O)O[C@@H](O[P@](=O)(CCCCc1ccccc1)CC(=O)N1C[C@H](C2CCCCC2)C[C@H]1C(=O)[O-])C(C)C.[Cs+]. The molecule has 1 amide bonds. The van der Waals surface area contributed by atoms with Crippen LogP contribution < -0.4 is 74.0 Å². The van der Waals surface area contributed by atoms with Crippen molar-refractivity contribution in [1.82, 2.24) is 4.90 Å². The first kappa shape index (κ1) is 36.1. The number of carbonyl (C=O) groups is 3. The average Bonchev–Trinajstić information content (AvgIpc) is 3.38. The molecule has 4 atom stereocenters. The molecule has 8 nitrogen and oxygen atoms in total. The summed E-state index contributed by atoms with van der Waals surface area (Å²) in [4.78, 5) is 39.0. The van der Waals surface area contributed by atoms with E-state index in [0.29, 0.717) is 25.3 Å². The number of aryl methyl sites for hydroxylation is 1. The Bertz CT molecular complexity index is 999. The van der Waals surface area contributed by atoms with Crippen LogP contribution in [-0.4, -0.2) is 53.9 Å². The number of hydrogen-bond acceptors (Lipinski definition) is 7. The number of nitrogens with zero attached hydrogens (tertiary/aromatic N) is 1. The van der Waals surface area contributed by atoms with Crippen molar-refractivity contribution in [1.29, 1.82) is 0 Å². The number of esters is 1. The molecule has 0 spiro atoms. The Hall–Kier alpha value is -0.128. The van der Waals surface area contributed by atoms with E-state index in [2.05, 4.69) is 0 Å². The summed E-state index contributed by atoms with van der Waals surface area (Å²) in [5.41, 5.74) is 1.17. The fourth-order valence-corrected chi connectivity index (χ4v) is 8.09. The van der Waals surface area contributed by atoms with Gasteiger partial charge in [0.1, 0.15) is 6.16 Å². The first-order valence-corrected chi connectivity index (χ1v) is 16.6. The molecule has 1 aliphatic heterocycles. The molecule has 0 unspecified atom stereocenters. The molecule has 0 bridgehead atoms. The van der Waals surface area contributed by atoms with E-state index in [4.69, 9.17) is 9.26 Å². The molecule has 0 radical (unpaired) electrons. The van der Waals surface area contributed by atoms with Crippen LogP contribution in [0.25, 0.3) is 0 Å². The number of hydrogen-bond donors (Lipinski definition) is 0. The van der Waals surface area contributed by atoms with Crippen LogP contribution in [0.5, 0.6) is 0 Å². The molecule has 218 valence electrons. The molecule has 1 saturated carbocycles. The number of aliphatic carboxylic acids is 1. The number of carbonyl (C=O) groups excluding carboxylic acids is 3. The van der Waals surface area contributed by atoms with E-state index in [-0.39, 0.29) is 93.3 Å². The molecule has 10 heteroatoms. The zero-order valence-corrected chi connectivity index (χ0v) is 31.9. The van der Waals surface area contributed by atoms with Crippen molar-refractivity contribution in [3.8, 4) is 0 Å². The smallest absolute Gasteiger partial charge is 0.548 e. The molecule has 2 fully saturated rings. The number of benzene rings is 1. The van der Waals surface area contributed by atoms with E-state index < -0.39 is 43.7 Å². The van der Waals surface area contributed by atoms with Crippen molar-refractivity contribution in [3.05, 3.63) is 35.9 Å². The minimum atomic E-state index is -3.62. The van der Waals surface area contributed by atoms with Gasteiger partial charge in [-0.25, -0.2) is 0 Å². The van der Waals surface area contributed by atoms with Gasteiger partial charge in [-0.3, -0.25) is 18.7 Å². The third kappa shape index (κ3) is 11.2. The molecule has 1 aromatic carbocycles. The molecule has 1 heterocycles. The molecule has 40 heavy (non-hydrogen) atoms. The fourth-order valence-electron chi connectivity index (χ4n) is 5.79. The number of carboxylic acid groups (broad SMARTS) is 1.